The fraction of sp³-hybridized carbons (Fsp3) is 0.600. The lowest BCUT2D eigenvalue weighted by Crippen LogP contribution is -2.46. The number of nitrogen functional groups attached to an aromatic ring is 1. The second-order valence-electron chi connectivity index (χ2n) is 5.16. The van der Waals surface area contributed by atoms with E-state index in [1.807, 2.05) is 27.7 Å². The fourth-order valence-electron chi connectivity index (χ4n) is 2.37. The van der Waals surface area contributed by atoms with Crippen molar-refractivity contribution in [1.29, 1.82) is 0 Å². The average molecular weight is 298 g/mol. The number of hydrogen-bond donors (Lipinski definition) is 2. The minimum Gasteiger partial charge on any atom is -0.398 e. The average Bonchev–Trinajstić information content (AvgIpc) is 2.44. The Bertz CT molecular complexity index is 541. The van der Waals surface area contributed by atoms with Crippen molar-refractivity contribution in [3.05, 3.63) is 23.8 Å². The molecule has 0 amide bonds. The highest BCUT2D eigenvalue weighted by Gasteiger charge is 2.30. The molecule has 0 saturated heterocycles. The number of anilines is 1. The molecule has 20 heavy (non-hydrogen) atoms. The molecule has 3 N–H and O–H groups in total. The van der Waals surface area contributed by atoms with Crippen molar-refractivity contribution in [1.82, 2.24) is 4.72 Å². The maximum Gasteiger partial charge on any atom is 0.241 e. The van der Waals surface area contributed by atoms with E-state index < -0.39 is 10.0 Å². The second kappa shape index (κ2) is 6.59. The first-order valence-corrected chi connectivity index (χ1v) is 8.74. The summed E-state index contributed by atoms with van der Waals surface area (Å²) in [5.41, 5.74) is 7.02. The molecular weight excluding hydrogens is 272 g/mol. The molecule has 0 fully saturated rings. The molecule has 0 aliphatic carbocycles. The lowest BCUT2D eigenvalue weighted by molar-refractivity contribution is 0.341. The summed E-state index contributed by atoms with van der Waals surface area (Å²) in [4.78, 5) is 0.243. The molecule has 0 spiro atoms. The third-order valence-corrected chi connectivity index (χ3v) is 5.77. The number of hydrogen-bond acceptors (Lipinski definition) is 3. The van der Waals surface area contributed by atoms with Gasteiger partial charge in [0.1, 0.15) is 0 Å². The summed E-state index contributed by atoms with van der Waals surface area (Å²) in [6.45, 7) is 8.01. The summed E-state index contributed by atoms with van der Waals surface area (Å²) in [6, 6.07) is 4.96. The first-order valence-electron chi connectivity index (χ1n) is 7.26. The van der Waals surface area contributed by atoms with Crippen LogP contribution in [0.2, 0.25) is 0 Å². The third kappa shape index (κ3) is 3.52. The van der Waals surface area contributed by atoms with Gasteiger partial charge in [-0.15, -0.1) is 0 Å². The van der Waals surface area contributed by atoms with Gasteiger partial charge in [0, 0.05) is 11.2 Å². The van der Waals surface area contributed by atoms with E-state index in [1.54, 1.807) is 18.2 Å². The molecule has 0 unspecified atom stereocenters. The predicted molar refractivity (Wildman–Crippen MR) is 84.2 cm³/mol. The van der Waals surface area contributed by atoms with E-state index in [0.717, 1.165) is 31.2 Å². The minimum absolute atomic E-state index is 0.243. The molecule has 0 aliphatic rings. The Morgan fingerprint density at radius 3 is 2.05 bits per heavy atom. The fourth-order valence-corrected chi connectivity index (χ4v) is 4.02. The van der Waals surface area contributed by atoms with Crippen LogP contribution in [0.3, 0.4) is 0 Å². The van der Waals surface area contributed by atoms with Gasteiger partial charge < -0.3 is 5.73 Å². The van der Waals surface area contributed by atoms with Gasteiger partial charge in [0.25, 0.3) is 0 Å². The van der Waals surface area contributed by atoms with E-state index in [-0.39, 0.29) is 10.4 Å². The highest BCUT2D eigenvalue weighted by Crippen LogP contribution is 2.24. The number of rotatable bonds is 7. The van der Waals surface area contributed by atoms with Gasteiger partial charge >= 0.3 is 0 Å². The molecule has 5 heteroatoms. The zero-order valence-electron chi connectivity index (χ0n) is 12.9. The summed E-state index contributed by atoms with van der Waals surface area (Å²) in [5, 5.41) is 0. The summed E-state index contributed by atoms with van der Waals surface area (Å²) in [5.74, 6) is 0. The zero-order chi connectivity index (χ0) is 15.4. The molecule has 0 saturated carbocycles. The Hall–Kier alpha value is -1.07. The molecule has 0 atom stereocenters. The van der Waals surface area contributed by atoms with E-state index >= 15 is 0 Å². The van der Waals surface area contributed by atoms with E-state index in [4.69, 9.17) is 5.73 Å². The van der Waals surface area contributed by atoms with Crippen LogP contribution in [0.5, 0.6) is 0 Å². The number of nitrogens with two attached hydrogens (primary N) is 1. The van der Waals surface area contributed by atoms with Crippen LogP contribution in [-0.4, -0.2) is 14.0 Å². The molecule has 114 valence electrons. The number of sulfonamides is 1. The van der Waals surface area contributed by atoms with Crippen LogP contribution in [0.15, 0.2) is 23.1 Å². The van der Waals surface area contributed by atoms with Crippen LogP contribution in [0.1, 0.15) is 52.5 Å². The maximum atomic E-state index is 12.5. The Morgan fingerprint density at radius 1 is 1.10 bits per heavy atom. The van der Waals surface area contributed by atoms with Crippen molar-refractivity contribution in [2.24, 2.45) is 0 Å². The standard InChI is InChI=1S/C15H26N2O2S/c1-5-12-9-10-13(11-14(12)16)20(18,19)17-15(6-2,7-3)8-4/h9-11,17H,5-8,16H2,1-4H3. The first-order chi connectivity index (χ1) is 9.34. The monoisotopic (exact) mass is 298 g/mol. The summed E-state index contributed by atoms with van der Waals surface area (Å²) in [6.07, 6.45) is 3.09. The van der Waals surface area contributed by atoms with Crippen LogP contribution < -0.4 is 10.5 Å². The van der Waals surface area contributed by atoms with Gasteiger partial charge in [-0.3, -0.25) is 0 Å². The van der Waals surface area contributed by atoms with Crippen molar-refractivity contribution in [2.45, 2.75) is 63.8 Å². The largest absolute Gasteiger partial charge is 0.398 e. The molecular formula is C15H26N2O2S. The summed E-state index contributed by atoms with van der Waals surface area (Å²) >= 11 is 0. The van der Waals surface area contributed by atoms with Gasteiger partial charge in [-0.2, -0.15) is 0 Å². The molecule has 0 aromatic heterocycles. The van der Waals surface area contributed by atoms with E-state index in [9.17, 15) is 8.42 Å². The van der Waals surface area contributed by atoms with E-state index in [1.165, 1.54) is 0 Å². The molecule has 0 aliphatic heterocycles. The second-order valence-corrected chi connectivity index (χ2v) is 6.84. The Labute approximate surface area is 122 Å². The topological polar surface area (TPSA) is 72.2 Å². The van der Waals surface area contributed by atoms with Gasteiger partial charge in [0.15, 0.2) is 0 Å². The molecule has 1 aromatic rings. The zero-order valence-corrected chi connectivity index (χ0v) is 13.7. The molecule has 1 aromatic carbocycles. The molecule has 4 nitrogen and oxygen atoms in total. The van der Waals surface area contributed by atoms with Crippen LogP contribution >= 0.6 is 0 Å². The first kappa shape index (κ1) is 17.0. The number of nitrogens with one attached hydrogen (secondary N) is 1. The highest BCUT2D eigenvalue weighted by atomic mass is 32.2. The lowest BCUT2D eigenvalue weighted by atomic mass is 9.91. The summed E-state index contributed by atoms with van der Waals surface area (Å²) < 4.78 is 27.9. The number of aryl methyl sites for hydroxylation is 1. The van der Waals surface area contributed by atoms with Crippen LogP contribution in [0.4, 0.5) is 5.69 Å². The Balaban J connectivity index is 3.14. The SMILES string of the molecule is CCc1ccc(S(=O)(=O)NC(CC)(CC)CC)cc1N. The maximum absolute atomic E-state index is 12.5. The quantitative estimate of drug-likeness (QED) is 0.760. The normalized spacial score (nSPS) is 12.6. The number of benzene rings is 1. The Kier molecular flexibility index (Phi) is 5.59. The van der Waals surface area contributed by atoms with Gasteiger partial charge in [0.2, 0.25) is 10.0 Å². The van der Waals surface area contributed by atoms with Crippen molar-refractivity contribution >= 4 is 15.7 Å². The highest BCUT2D eigenvalue weighted by molar-refractivity contribution is 7.89. The smallest absolute Gasteiger partial charge is 0.241 e. The van der Waals surface area contributed by atoms with Crippen LogP contribution in [0, 0.1) is 0 Å². The molecule has 1 rings (SSSR count). The predicted octanol–water partition coefficient (Wildman–Crippen LogP) is 3.08. The molecule has 0 radical (unpaired) electrons. The Morgan fingerprint density at radius 2 is 1.65 bits per heavy atom. The van der Waals surface area contributed by atoms with Gasteiger partial charge in [-0.05, 0) is 43.4 Å². The van der Waals surface area contributed by atoms with Crippen LogP contribution in [0.25, 0.3) is 0 Å². The van der Waals surface area contributed by atoms with E-state index in [2.05, 4.69) is 4.72 Å². The lowest BCUT2D eigenvalue weighted by Gasteiger charge is -2.31. The van der Waals surface area contributed by atoms with Crippen molar-refractivity contribution < 1.29 is 8.42 Å². The van der Waals surface area contributed by atoms with Gasteiger partial charge in [-0.25, -0.2) is 13.1 Å². The van der Waals surface area contributed by atoms with Crippen molar-refractivity contribution in [3.63, 3.8) is 0 Å². The molecule has 0 bridgehead atoms. The van der Waals surface area contributed by atoms with Crippen molar-refractivity contribution in [3.8, 4) is 0 Å². The summed E-state index contributed by atoms with van der Waals surface area (Å²) in [7, 11) is -3.53. The third-order valence-electron chi connectivity index (χ3n) is 4.19. The molecule has 0 heterocycles. The van der Waals surface area contributed by atoms with Gasteiger partial charge in [0.05, 0.1) is 4.90 Å². The van der Waals surface area contributed by atoms with Crippen molar-refractivity contribution in [2.75, 3.05) is 5.73 Å². The van der Waals surface area contributed by atoms with Crippen LogP contribution in [-0.2, 0) is 16.4 Å². The van der Waals surface area contributed by atoms with E-state index in [0.29, 0.717) is 5.69 Å². The minimum atomic E-state index is -3.53. The van der Waals surface area contributed by atoms with Gasteiger partial charge in [-0.1, -0.05) is 33.8 Å².